The molecule has 4 fully saturated rings. The monoisotopic (exact) mass is 365 g/mol. The van der Waals surface area contributed by atoms with Gasteiger partial charge in [0.05, 0.1) is 12.0 Å². The Morgan fingerprint density at radius 2 is 1.44 bits per heavy atom. The van der Waals surface area contributed by atoms with E-state index in [1.165, 1.54) is 64.2 Å². The second-order valence-corrected chi connectivity index (χ2v) is 9.93. The molecule has 27 heavy (non-hydrogen) atoms. The molecule has 0 aliphatic heterocycles. The Labute approximate surface area is 168 Å². The van der Waals surface area contributed by atoms with Crippen LogP contribution in [0.5, 0.6) is 0 Å². The molecule has 1 heteroatoms. The van der Waals surface area contributed by atoms with Crippen molar-refractivity contribution in [2.45, 2.75) is 85.0 Å². The van der Waals surface area contributed by atoms with Crippen molar-refractivity contribution >= 4 is 0 Å². The molecule has 8 unspecified atom stereocenters. The van der Waals surface area contributed by atoms with Gasteiger partial charge in [0.15, 0.2) is 0 Å². The summed E-state index contributed by atoms with van der Waals surface area (Å²) >= 11 is 0. The van der Waals surface area contributed by atoms with Crippen LogP contribution in [0.2, 0.25) is 0 Å². The van der Waals surface area contributed by atoms with Gasteiger partial charge in [-0.15, -0.1) is 25.7 Å². The molecule has 0 saturated heterocycles. The lowest BCUT2D eigenvalue weighted by Gasteiger charge is -2.61. The van der Waals surface area contributed by atoms with Crippen LogP contribution in [-0.4, -0.2) is 0 Å². The molecule has 0 N–H and O–H groups in total. The van der Waals surface area contributed by atoms with Gasteiger partial charge in [0, 0.05) is 0 Å². The SMILES string of the molecule is C#C.C#C.CCC1CCCC2(C)C1CCC1C3CCC(C#N)C3(C)CCC12. The summed E-state index contributed by atoms with van der Waals surface area (Å²) in [5.74, 6) is 5.09. The fourth-order valence-corrected chi connectivity index (χ4v) is 8.28. The van der Waals surface area contributed by atoms with Crippen LogP contribution in [0.3, 0.4) is 0 Å². The van der Waals surface area contributed by atoms with Crippen LogP contribution in [0.1, 0.15) is 85.0 Å². The molecule has 0 heterocycles. The van der Waals surface area contributed by atoms with E-state index < -0.39 is 0 Å². The molecule has 0 aromatic rings. The lowest BCUT2D eigenvalue weighted by Crippen LogP contribution is -2.54. The minimum atomic E-state index is 0.341. The van der Waals surface area contributed by atoms with Crippen LogP contribution in [0.15, 0.2) is 0 Å². The number of hydrogen-bond donors (Lipinski definition) is 0. The Kier molecular flexibility index (Phi) is 7.09. The summed E-state index contributed by atoms with van der Waals surface area (Å²) in [6, 6.07) is 2.68. The lowest BCUT2D eigenvalue weighted by atomic mass is 9.43. The van der Waals surface area contributed by atoms with Crippen LogP contribution in [0.25, 0.3) is 0 Å². The zero-order valence-corrected chi connectivity index (χ0v) is 17.8. The summed E-state index contributed by atoms with van der Waals surface area (Å²) in [5, 5.41) is 9.62. The summed E-state index contributed by atoms with van der Waals surface area (Å²) in [7, 11) is 0. The van der Waals surface area contributed by atoms with E-state index in [9.17, 15) is 5.26 Å². The van der Waals surface area contributed by atoms with E-state index in [-0.39, 0.29) is 0 Å². The Morgan fingerprint density at radius 3 is 2.07 bits per heavy atom. The van der Waals surface area contributed by atoms with E-state index in [1.807, 2.05) is 0 Å². The molecule has 8 atom stereocenters. The van der Waals surface area contributed by atoms with Crippen LogP contribution < -0.4 is 0 Å². The highest BCUT2D eigenvalue weighted by molar-refractivity contribution is 5.12. The first kappa shape index (κ1) is 21.9. The topological polar surface area (TPSA) is 23.8 Å². The number of hydrogen-bond acceptors (Lipinski definition) is 1. The summed E-state index contributed by atoms with van der Waals surface area (Å²) in [4.78, 5) is 0. The van der Waals surface area contributed by atoms with E-state index in [1.54, 1.807) is 0 Å². The standard InChI is InChI=1S/C22H35N.2C2H2/c1-4-15-6-5-12-22(3)18(15)10-8-17-19-9-7-16(14-23)21(19,2)13-11-20(17)22;2*1-2/h15-20H,4-13H2,1-3H3;2*1-2H. The third-order valence-electron chi connectivity index (χ3n) is 9.48. The highest BCUT2D eigenvalue weighted by atomic mass is 14.6. The average molecular weight is 366 g/mol. The van der Waals surface area contributed by atoms with E-state index in [0.717, 1.165) is 29.6 Å². The van der Waals surface area contributed by atoms with Gasteiger partial charge in [-0.3, -0.25) is 0 Å². The van der Waals surface area contributed by atoms with Gasteiger partial charge in [0.2, 0.25) is 0 Å². The summed E-state index contributed by atoms with van der Waals surface area (Å²) in [6.45, 7) is 7.57. The third-order valence-corrected chi connectivity index (χ3v) is 9.48. The molecule has 4 aliphatic rings. The fraction of sp³-hybridized carbons (Fsp3) is 0.808. The Morgan fingerprint density at radius 1 is 0.815 bits per heavy atom. The smallest absolute Gasteiger partial charge is 0.0661 e. The molecule has 4 aliphatic carbocycles. The van der Waals surface area contributed by atoms with Gasteiger partial charge >= 0.3 is 0 Å². The maximum absolute atomic E-state index is 9.62. The van der Waals surface area contributed by atoms with Gasteiger partial charge in [-0.2, -0.15) is 5.26 Å². The maximum atomic E-state index is 9.62. The maximum Gasteiger partial charge on any atom is 0.0661 e. The normalized spacial score (nSPS) is 47.3. The van der Waals surface area contributed by atoms with Crippen molar-refractivity contribution < 1.29 is 0 Å². The second-order valence-electron chi connectivity index (χ2n) is 9.93. The molecule has 4 rings (SSSR count). The second kappa shape index (κ2) is 8.74. The van der Waals surface area contributed by atoms with Crippen LogP contribution in [0, 0.1) is 83.4 Å². The largest absolute Gasteiger partial charge is 0.198 e. The van der Waals surface area contributed by atoms with E-state index >= 15 is 0 Å². The van der Waals surface area contributed by atoms with Crippen molar-refractivity contribution in [1.82, 2.24) is 0 Å². The first-order chi connectivity index (χ1) is 13.0. The third kappa shape index (κ3) is 3.31. The number of nitrogens with zero attached hydrogens (tertiary/aromatic N) is 1. The van der Waals surface area contributed by atoms with Crippen molar-refractivity contribution in [3.8, 4) is 31.8 Å². The average Bonchev–Trinajstić information content (AvgIpc) is 3.06. The number of rotatable bonds is 1. The fourth-order valence-electron chi connectivity index (χ4n) is 8.28. The molecule has 0 amide bonds. The molecule has 1 nitrogen and oxygen atoms in total. The van der Waals surface area contributed by atoms with Crippen LogP contribution in [-0.2, 0) is 0 Å². The molecular formula is C26H39N. The number of fused-ring (bicyclic) bond motifs is 5. The minimum Gasteiger partial charge on any atom is -0.198 e. The van der Waals surface area contributed by atoms with Gasteiger partial charge in [-0.05, 0) is 85.4 Å². The quantitative estimate of drug-likeness (QED) is 0.475. The molecule has 0 radical (unpaired) electrons. The van der Waals surface area contributed by atoms with Gasteiger partial charge < -0.3 is 0 Å². The molecule has 0 bridgehead atoms. The molecular weight excluding hydrogens is 326 g/mol. The van der Waals surface area contributed by atoms with Gasteiger partial charge in [-0.25, -0.2) is 0 Å². The molecule has 0 aromatic heterocycles. The Hall–Kier alpha value is -1.39. The highest BCUT2D eigenvalue weighted by Gasteiger charge is 2.60. The van der Waals surface area contributed by atoms with Gasteiger partial charge in [0.25, 0.3) is 0 Å². The predicted octanol–water partition coefficient (Wildman–Crippen LogP) is 6.69. The van der Waals surface area contributed by atoms with Crippen molar-refractivity contribution in [2.24, 2.45) is 46.3 Å². The molecule has 0 spiro atoms. The summed E-state index contributed by atoms with van der Waals surface area (Å²) in [5.41, 5.74) is 0.964. The van der Waals surface area contributed by atoms with E-state index in [0.29, 0.717) is 16.7 Å². The Bertz CT molecular complexity index is 574. The highest BCUT2D eigenvalue weighted by Crippen LogP contribution is 2.68. The van der Waals surface area contributed by atoms with Crippen molar-refractivity contribution in [2.75, 3.05) is 0 Å². The minimum absolute atomic E-state index is 0.341. The first-order valence-electron chi connectivity index (χ1n) is 11.1. The first-order valence-corrected chi connectivity index (χ1v) is 11.1. The summed E-state index contributed by atoms with van der Waals surface area (Å²) in [6.07, 6.45) is 30.1. The molecule has 0 aromatic carbocycles. The molecule has 4 saturated carbocycles. The lowest BCUT2D eigenvalue weighted by molar-refractivity contribution is -0.124. The zero-order chi connectivity index (χ0) is 20.2. The number of terminal acetylenes is 2. The zero-order valence-electron chi connectivity index (χ0n) is 17.8. The van der Waals surface area contributed by atoms with Crippen molar-refractivity contribution in [1.29, 1.82) is 5.26 Å². The van der Waals surface area contributed by atoms with Crippen molar-refractivity contribution in [3.05, 3.63) is 0 Å². The van der Waals surface area contributed by atoms with Gasteiger partial charge in [-0.1, -0.05) is 40.0 Å². The van der Waals surface area contributed by atoms with Crippen molar-refractivity contribution in [3.63, 3.8) is 0 Å². The van der Waals surface area contributed by atoms with Gasteiger partial charge in [0.1, 0.15) is 0 Å². The predicted molar refractivity (Wildman–Crippen MR) is 114 cm³/mol. The Balaban J connectivity index is 0.000000614. The number of nitriles is 1. The van der Waals surface area contributed by atoms with E-state index in [4.69, 9.17) is 0 Å². The van der Waals surface area contributed by atoms with Crippen LogP contribution in [0.4, 0.5) is 0 Å². The summed E-state index contributed by atoms with van der Waals surface area (Å²) < 4.78 is 0. The van der Waals surface area contributed by atoms with E-state index in [2.05, 4.69) is 52.5 Å². The van der Waals surface area contributed by atoms with Crippen LogP contribution >= 0.6 is 0 Å². The molecule has 148 valence electrons.